The average molecular weight is 468 g/mol. The van der Waals surface area contributed by atoms with Crippen LogP contribution in [0.1, 0.15) is 56.6 Å². The van der Waals surface area contributed by atoms with Crippen molar-refractivity contribution in [2.45, 2.75) is 70.5 Å². The Balaban J connectivity index is 1.48. The fourth-order valence-electron chi connectivity index (χ4n) is 4.91. The van der Waals surface area contributed by atoms with Crippen molar-refractivity contribution in [3.8, 4) is 5.75 Å². The zero-order valence-electron chi connectivity index (χ0n) is 19.3. The van der Waals surface area contributed by atoms with Gasteiger partial charge in [0, 0.05) is 49.2 Å². The zero-order chi connectivity index (χ0) is 23.9. The van der Waals surface area contributed by atoms with Crippen LogP contribution in [-0.4, -0.2) is 76.0 Å². The first-order valence-electron chi connectivity index (χ1n) is 11.6. The number of ether oxygens (including phenoxy) is 1. The van der Waals surface area contributed by atoms with Gasteiger partial charge in [-0.15, -0.1) is 0 Å². The van der Waals surface area contributed by atoms with Gasteiger partial charge >= 0.3 is 6.18 Å². The molecule has 1 fully saturated rings. The molecule has 0 spiro atoms. The highest BCUT2D eigenvalue weighted by Crippen LogP contribution is 2.33. The number of benzene rings is 1. The molecule has 1 aromatic heterocycles. The lowest BCUT2D eigenvalue weighted by Gasteiger charge is -2.34. The molecule has 2 atom stereocenters. The molecule has 2 aromatic rings. The van der Waals surface area contributed by atoms with E-state index in [2.05, 4.69) is 18.7 Å². The molecule has 6 nitrogen and oxygen atoms in total. The molecule has 1 aromatic carbocycles. The number of likely N-dealkylation sites (tertiary alicyclic amines) is 1. The summed E-state index contributed by atoms with van der Waals surface area (Å²) in [7, 11) is 0. The van der Waals surface area contributed by atoms with Gasteiger partial charge in [0.1, 0.15) is 17.5 Å². The molecule has 2 unspecified atom stereocenters. The van der Waals surface area contributed by atoms with E-state index < -0.39 is 18.7 Å². The average Bonchev–Trinajstić information content (AvgIpc) is 3.14. The van der Waals surface area contributed by atoms with E-state index in [1.54, 1.807) is 6.07 Å². The van der Waals surface area contributed by atoms with Gasteiger partial charge in [-0.25, -0.2) is 0 Å². The molecule has 0 bridgehead atoms. The molecule has 182 valence electrons. The summed E-state index contributed by atoms with van der Waals surface area (Å²) in [5.74, 6) is 0.445. The molecule has 1 saturated heterocycles. The Morgan fingerprint density at radius 2 is 1.88 bits per heavy atom. The van der Waals surface area contributed by atoms with Gasteiger partial charge in [-0.2, -0.15) is 13.2 Å². The van der Waals surface area contributed by atoms with Crippen LogP contribution in [-0.2, 0) is 0 Å². The lowest BCUT2D eigenvalue weighted by Crippen LogP contribution is -2.44. The third kappa shape index (κ3) is 4.99. The summed E-state index contributed by atoms with van der Waals surface area (Å²) in [5, 5.41) is 10.2. The summed E-state index contributed by atoms with van der Waals surface area (Å²) >= 11 is 0. The summed E-state index contributed by atoms with van der Waals surface area (Å²) in [4.78, 5) is 16.8. The molecule has 2 aliphatic rings. The number of piperidine rings is 1. The molecule has 3 heterocycles. The number of fused-ring (bicyclic) bond motifs is 3. The van der Waals surface area contributed by atoms with E-state index in [4.69, 9.17) is 4.74 Å². The Labute approximate surface area is 191 Å². The number of nitrogens with zero attached hydrogens (tertiary/aromatic N) is 3. The van der Waals surface area contributed by atoms with E-state index in [0.717, 1.165) is 42.6 Å². The van der Waals surface area contributed by atoms with Crippen molar-refractivity contribution in [2.24, 2.45) is 0 Å². The minimum atomic E-state index is -4.68. The second kappa shape index (κ2) is 9.18. The number of alkyl halides is 3. The molecular weight excluding hydrogens is 435 g/mol. The Hall–Kier alpha value is -2.26. The highest BCUT2D eigenvalue weighted by atomic mass is 19.4. The maximum atomic E-state index is 13.0. The fourth-order valence-corrected chi connectivity index (χ4v) is 4.91. The zero-order valence-corrected chi connectivity index (χ0v) is 19.3. The number of rotatable bonds is 6. The largest absolute Gasteiger partial charge is 0.490 e. The van der Waals surface area contributed by atoms with Crippen LogP contribution in [0.4, 0.5) is 13.2 Å². The van der Waals surface area contributed by atoms with Crippen molar-refractivity contribution in [1.29, 1.82) is 0 Å². The van der Waals surface area contributed by atoms with E-state index in [9.17, 15) is 23.1 Å². The molecule has 1 N–H and O–H groups in total. The number of carbonyl (C=O) groups is 1. The molecule has 0 aliphatic carbocycles. The summed E-state index contributed by atoms with van der Waals surface area (Å²) < 4.78 is 46.1. The molecule has 0 radical (unpaired) electrons. The van der Waals surface area contributed by atoms with Crippen molar-refractivity contribution in [3.05, 3.63) is 30.0 Å². The quantitative estimate of drug-likeness (QED) is 0.691. The summed E-state index contributed by atoms with van der Waals surface area (Å²) in [6, 6.07) is 8.04. The van der Waals surface area contributed by atoms with E-state index in [1.165, 1.54) is 4.90 Å². The van der Waals surface area contributed by atoms with Gasteiger partial charge in [0.15, 0.2) is 6.10 Å². The first-order valence-corrected chi connectivity index (χ1v) is 11.6. The van der Waals surface area contributed by atoms with Gasteiger partial charge in [0.25, 0.3) is 5.91 Å². The van der Waals surface area contributed by atoms with Crippen LogP contribution < -0.4 is 4.74 Å². The van der Waals surface area contributed by atoms with Crippen LogP contribution in [0.2, 0.25) is 0 Å². The van der Waals surface area contributed by atoms with Gasteiger partial charge < -0.3 is 24.2 Å². The number of hydrogen-bond donors (Lipinski definition) is 1. The van der Waals surface area contributed by atoms with Crippen molar-refractivity contribution in [2.75, 3.05) is 26.2 Å². The van der Waals surface area contributed by atoms with E-state index in [0.29, 0.717) is 18.3 Å². The van der Waals surface area contributed by atoms with Crippen molar-refractivity contribution in [1.82, 2.24) is 14.4 Å². The van der Waals surface area contributed by atoms with Crippen LogP contribution in [0.15, 0.2) is 24.3 Å². The fraction of sp³-hybridized carbons (Fsp3) is 0.625. The SMILES string of the molecule is CC(C)N1CCC(Oc2ccc3c(c2)cc2n3C(C)CN(CCC(O)C(F)(F)F)C2=O)CC1. The third-order valence-corrected chi connectivity index (χ3v) is 6.80. The Morgan fingerprint density at radius 3 is 2.52 bits per heavy atom. The third-order valence-electron chi connectivity index (χ3n) is 6.80. The van der Waals surface area contributed by atoms with Gasteiger partial charge in [-0.3, -0.25) is 4.79 Å². The molecular formula is C24H32F3N3O3. The van der Waals surface area contributed by atoms with Gasteiger partial charge in [0.2, 0.25) is 0 Å². The lowest BCUT2D eigenvalue weighted by atomic mass is 10.1. The number of halogens is 3. The first kappa shape index (κ1) is 23.9. The lowest BCUT2D eigenvalue weighted by molar-refractivity contribution is -0.205. The Kier molecular flexibility index (Phi) is 6.64. The van der Waals surface area contributed by atoms with Crippen LogP contribution in [0.5, 0.6) is 5.75 Å². The van der Waals surface area contributed by atoms with Crippen LogP contribution in [0.3, 0.4) is 0 Å². The Morgan fingerprint density at radius 1 is 1.18 bits per heavy atom. The van der Waals surface area contributed by atoms with Crippen LogP contribution in [0, 0.1) is 0 Å². The highest BCUT2D eigenvalue weighted by Gasteiger charge is 2.39. The predicted octanol–water partition coefficient (Wildman–Crippen LogP) is 4.22. The number of amides is 1. The van der Waals surface area contributed by atoms with Gasteiger partial charge in [-0.05, 0) is 64.3 Å². The van der Waals surface area contributed by atoms with Crippen LogP contribution in [0.25, 0.3) is 10.9 Å². The molecule has 0 saturated carbocycles. The van der Waals surface area contributed by atoms with Crippen molar-refractivity contribution < 1.29 is 27.8 Å². The molecule has 1 amide bonds. The topological polar surface area (TPSA) is 57.9 Å². The monoisotopic (exact) mass is 467 g/mol. The Bertz CT molecular complexity index is 996. The van der Waals surface area contributed by atoms with E-state index >= 15 is 0 Å². The minimum absolute atomic E-state index is 0.0923. The predicted molar refractivity (Wildman–Crippen MR) is 120 cm³/mol. The van der Waals surface area contributed by atoms with Gasteiger partial charge in [-0.1, -0.05) is 0 Å². The number of hydrogen-bond acceptors (Lipinski definition) is 4. The number of aliphatic hydroxyl groups is 1. The second-order valence-electron chi connectivity index (χ2n) is 9.51. The maximum Gasteiger partial charge on any atom is 0.414 e. The summed E-state index contributed by atoms with van der Waals surface area (Å²) in [6.07, 6.45) is -5.55. The minimum Gasteiger partial charge on any atom is -0.490 e. The molecule has 9 heteroatoms. The summed E-state index contributed by atoms with van der Waals surface area (Å²) in [5.41, 5.74) is 1.36. The first-order chi connectivity index (χ1) is 15.5. The second-order valence-corrected chi connectivity index (χ2v) is 9.51. The number of carbonyl (C=O) groups excluding carboxylic acids is 1. The molecule has 4 rings (SSSR count). The number of aromatic nitrogens is 1. The molecule has 33 heavy (non-hydrogen) atoms. The highest BCUT2D eigenvalue weighted by molar-refractivity contribution is 6.00. The van der Waals surface area contributed by atoms with Crippen LogP contribution >= 0.6 is 0 Å². The molecule has 2 aliphatic heterocycles. The van der Waals surface area contributed by atoms with E-state index in [1.807, 2.05) is 29.7 Å². The van der Waals surface area contributed by atoms with Crippen molar-refractivity contribution in [3.63, 3.8) is 0 Å². The normalized spacial score (nSPS) is 21.6. The summed E-state index contributed by atoms with van der Waals surface area (Å²) in [6.45, 7) is 8.51. The smallest absolute Gasteiger partial charge is 0.414 e. The standard InChI is InChI=1S/C24H32F3N3O3/c1-15(2)28-9-6-18(7-10-28)33-19-4-5-20-17(12-19)13-21-23(32)29(14-16(3)30(20)21)11-8-22(31)24(25,26)27/h4-5,12-13,15-16,18,22,31H,6-11,14H2,1-3H3. The van der Waals surface area contributed by atoms with Gasteiger partial charge in [0.05, 0.1) is 0 Å². The maximum absolute atomic E-state index is 13.0. The number of aliphatic hydroxyl groups excluding tert-OH is 1. The van der Waals surface area contributed by atoms with E-state index in [-0.39, 0.29) is 24.6 Å². The van der Waals surface area contributed by atoms with Crippen molar-refractivity contribution >= 4 is 16.8 Å².